The first kappa shape index (κ1) is 14.9. The molecule has 0 unspecified atom stereocenters. The fraction of sp³-hybridized carbons (Fsp3) is 0.462. The van der Waals surface area contributed by atoms with Gasteiger partial charge in [-0.2, -0.15) is 0 Å². The Balaban J connectivity index is 2.24. The van der Waals surface area contributed by atoms with Crippen molar-refractivity contribution in [1.29, 1.82) is 0 Å². The predicted octanol–water partition coefficient (Wildman–Crippen LogP) is 1.51. The molecule has 0 heterocycles. The van der Waals surface area contributed by atoms with E-state index >= 15 is 0 Å². The summed E-state index contributed by atoms with van der Waals surface area (Å²) in [6, 6.07) is 7.71. The van der Waals surface area contributed by atoms with Crippen LogP contribution in [-0.4, -0.2) is 38.4 Å². The summed E-state index contributed by atoms with van der Waals surface area (Å²) in [5.41, 5.74) is 0. The van der Waals surface area contributed by atoms with Crippen molar-refractivity contribution >= 4 is 17.7 Å². The lowest BCUT2D eigenvalue weighted by molar-refractivity contribution is -0.118. The number of carbonyl (C=O) groups is 1. The SMILES string of the molecule is CCNCCNC(=O)CSc1cccc(OC)c1. The first-order valence-electron chi connectivity index (χ1n) is 6.00. The van der Waals surface area contributed by atoms with Crippen LogP contribution in [0.3, 0.4) is 0 Å². The number of benzene rings is 1. The molecule has 1 aromatic rings. The Morgan fingerprint density at radius 3 is 2.94 bits per heavy atom. The van der Waals surface area contributed by atoms with Gasteiger partial charge in [-0.15, -0.1) is 11.8 Å². The number of carbonyl (C=O) groups excluding carboxylic acids is 1. The van der Waals surface area contributed by atoms with Crippen LogP contribution in [0.1, 0.15) is 6.92 Å². The topological polar surface area (TPSA) is 50.4 Å². The van der Waals surface area contributed by atoms with Crippen LogP contribution in [0.15, 0.2) is 29.2 Å². The molecule has 0 saturated carbocycles. The van der Waals surface area contributed by atoms with Crippen molar-refractivity contribution in [1.82, 2.24) is 10.6 Å². The van der Waals surface area contributed by atoms with Crippen LogP contribution in [0.5, 0.6) is 5.75 Å². The molecule has 1 amide bonds. The van der Waals surface area contributed by atoms with E-state index in [0.717, 1.165) is 23.7 Å². The Morgan fingerprint density at radius 1 is 1.39 bits per heavy atom. The van der Waals surface area contributed by atoms with Gasteiger partial charge in [0.2, 0.25) is 5.91 Å². The number of hydrogen-bond donors (Lipinski definition) is 2. The van der Waals surface area contributed by atoms with E-state index in [0.29, 0.717) is 12.3 Å². The molecule has 0 radical (unpaired) electrons. The van der Waals surface area contributed by atoms with E-state index in [-0.39, 0.29) is 5.91 Å². The van der Waals surface area contributed by atoms with Crippen molar-refractivity contribution in [2.24, 2.45) is 0 Å². The van der Waals surface area contributed by atoms with E-state index in [9.17, 15) is 4.79 Å². The van der Waals surface area contributed by atoms with Crippen LogP contribution < -0.4 is 15.4 Å². The second kappa shape index (κ2) is 8.83. The number of likely N-dealkylation sites (N-methyl/N-ethyl adjacent to an activating group) is 1. The Labute approximate surface area is 112 Å². The normalized spacial score (nSPS) is 10.1. The molecule has 1 rings (SSSR count). The van der Waals surface area contributed by atoms with Crippen molar-refractivity contribution in [3.63, 3.8) is 0 Å². The Bertz CT molecular complexity index is 372. The van der Waals surface area contributed by atoms with Crippen molar-refractivity contribution in [3.05, 3.63) is 24.3 Å². The molecule has 2 N–H and O–H groups in total. The highest BCUT2D eigenvalue weighted by molar-refractivity contribution is 8.00. The molecule has 1 aromatic carbocycles. The first-order valence-corrected chi connectivity index (χ1v) is 6.99. The maximum Gasteiger partial charge on any atom is 0.230 e. The quantitative estimate of drug-likeness (QED) is 0.554. The summed E-state index contributed by atoms with van der Waals surface area (Å²) in [6.07, 6.45) is 0. The fourth-order valence-electron chi connectivity index (χ4n) is 1.36. The van der Waals surface area contributed by atoms with Gasteiger partial charge in [0.1, 0.15) is 5.75 Å². The van der Waals surface area contributed by atoms with Crippen molar-refractivity contribution < 1.29 is 9.53 Å². The highest BCUT2D eigenvalue weighted by Crippen LogP contribution is 2.22. The van der Waals surface area contributed by atoms with E-state index in [2.05, 4.69) is 10.6 Å². The van der Waals surface area contributed by atoms with Gasteiger partial charge >= 0.3 is 0 Å². The molecule has 0 spiro atoms. The molecule has 4 nitrogen and oxygen atoms in total. The molecule has 0 aliphatic rings. The Kier molecular flexibility index (Phi) is 7.29. The van der Waals surface area contributed by atoms with Crippen molar-refractivity contribution in [2.75, 3.05) is 32.5 Å². The molecular weight excluding hydrogens is 248 g/mol. The van der Waals surface area contributed by atoms with Crippen LogP contribution in [-0.2, 0) is 4.79 Å². The number of hydrogen-bond acceptors (Lipinski definition) is 4. The van der Waals surface area contributed by atoms with E-state index < -0.39 is 0 Å². The molecular formula is C13H20N2O2S. The van der Waals surface area contributed by atoms with Gasteiger partial charge in [0, 0.05) is 18.0 Å². The van der Waals surface area contributed by atoms with Gasteiger partial charge in [0.05, 0.1) is 12.9 Å². The minimum Gasteiger partial charge on any atom is -0.497 e. The zero-order valence-corrected chi connectivity index (χ0v) is 11.7. The molecule has 0 saturated heterocycles. The standard InChI is InChI=1S/C13H20N2O2S/c1-3-14-7-8-15-13(16)10-18-12-6-4-5-11(9-12)17-2/h4-6,9,14H,3,7-8,10H2,1-2H3,(H,15,16). The van der Waals surface area contributed by atoms with E-state index in [4.69, 9.17) is 4.74 Å². The molecule has 5 heteroatoms. The number of amides is 1. The zero-order valence-electron chi connectivity index (χ0n) is 10.9. The lowest BCUT2D eigenvalue weighted by atomic mass is 10.3. The predicted molar refractivity (Wildman–Crippen MR) is 75.3 cm³/mol. The monoisotopic (exact) mass is 268 g/mol. The first-order chi connectivity index (χ1) is 8.76. The number of thioether (sulfide) groups is 1. The second-order valence-corrected chi connectivity index (χ2v) is 4.72. The average Bonchev–Trinajstić information content (AvgIpc) is 2.41. The smallest absolute Gasteiger partial charge is 0.230 e. The van der Waals surface area contributed by atoms with Gasteiger partial charge in [-0.3, -0.25) is 4.79 Å². The van der Waals surface area contributed by atoms with Gasteiger partial charge < -0.3 is 15.4 Å². The third kappa shape index (κ3) is 5.93. The van der Waals surface area contributed by atoms with Gasteiger partial charge in [-0.25, -0.2) is 0 Å². The summed E-state index contributed by atoms with van der Waals surface area (Å²) >= 11 is 1.51. The average molecular weight is 268 g/mol. The maximum atomic E-state index is 11.5. The van der Waals surface area contributed by atoms with Gasteiger partial charge in [0.25, 0.3) is 0 Å². The van der Waals surface area contributed by atoms with E-state index in [1.165, 1.54) is 11.8 Å². The third-order valence-corrected chi connectivity index (χ3v) is 3.28. The van der Waals surface area contributed by atoms with Crippen LogP contribution in [0.2, 0.25) is 0 Å². The Morgan fingerprint density at radius 2 is 2.22 bits per heavy atom. The zero-order chi connectivity index (χ0) is 13.2. The summed E-state index contributed by atoms with van der Waals surface area (Å²) in [4.78, 5) is 12.6. The van der Waals surface area contributed by atoms with Gasteiger partial charge in [0.15, 0.2) is 0 Å². The summed E-state index contributed by atoms with van der Waals surface area (Å²) in [6.45, 7) is 4.45. The lowest BCUT2D eigenvalue weighted by Crippen LogP contribution is -2.32. The van der Waals surface area contributed by atoms with Crippen LogP contribution in [0.25, 0.3) is 0 Å². The number of nitrogens with one attached hydrogen (secondary N) is 2. The molecule has 0 bridgehead atoms. The number of ether oxygens (including phenoxy) is 1. The van der Waals surface area contributed by atoms with Gasteiger partial charge in [-0.1, -0.05) is 13.0 Å². The van der Waals surface area contributed by atoms with E-state index in [1.54, 1.807) is 7.11 Å². The molecule has 0 atom stereocenters. The van der Waals surface area contributed by atoms with Gasteiger partial charge in [-0.05, 0) is 24.7 Å². The van der Waals surface area contributed by atoms with Crippen LogP contribution in [0.4, 0.5) is 0 Å². The largest absolute Gasteiger partial charge is 0.497 e. The minimum atomic E-state index is 0.0562. The molecule has 0 aliphatic heterocycles. The van der Waals surface area contributed by atoms with Crippen LogP contribution >= 0.6 is 11.8 Å². The summed E-state index contributed by atoms with van der Waals surface area (Å²) in [5.74, 6) is 1.30. The summed E-state index contributed by atoms with van der Waals surface area (Å²) < 4.78 is 5.13. The third-order valence-electron chi connectivity index (χ3n) is 2.29. The second-order valence-electron chi connectivity index (χ2n) is 3.67. The maximum absolute atomic E-state index is 11.5. The molecule has 0 aromatic heterocycles. The molecule has 0 aliphatic carbocycles. The fourth-order valence-corrected chi connectivity index (χ4v) is 2.13. The minimum absolute atomic E-state index is 0.0562. The summed E-state index contributed by atoms with van der Waals surface area (Å²) in [5, 5.41) is 6.02. The van der Waals surface area contributed by atoms with E-state index in [1.807, 2.05) is 31.2 Å². The number of rotatable bonds is 8. The Hall–Kier alpha value is -1.20. The number of methoxy groups -OCH3 is 1. The van der Waals surface area contributed by atoms with Crippen LogP contribution in [0, 0.1) is 0 Å². The lowest BCUT2D eigenvalue weighted by Gasteiger charge is -2.06. The highest BCUT2D eigenvalue weighted by Gasteiger charge is 2.02. The highest BCUT2D eigenvalue weighted by atomic mass is 32.2. The van der Waals surface area contributed by atoms with Crippen molar-refractivity contribution in [3.8, 4) is 5.75 Å². The molecule has 18 heavy (non-hydrogen) atoms. The van der Waals surface area contributed by atoms with Crippen molar-refractivity contribution in [2.45, 2.75) is 11.8 Å². The summed E-state index contributed by atoms with van der Waals surface area (Å²) in [7, 11) is 1.64. The molecule has 0 fully saturated rings. The molecule has 100 valence electrons.